The van der Waals surface area contributed by atoms with E-state index in [1.807, 2.05) is 18.2 Å². The summed E-state index contributed by atoms with van der Waals surface area (Å²) in [5, 5.41) is 11.6. The minimum atomic E-state index is -0.440. The van der Waals surface area contributed by atoms with Crippen LogP contribution in [0, 0.1) is 10.1 Å². The Morgan fingerprint density at radius 1 is 1.15 bits per heavy atom. The summed E-state index contributed by atoms with van der Waals surface area (Å²) >= 11 is 0. The van der Waals surface area contributed by atoms with Gasteiger partial charge in [-0.25, -0.2) is 0 Å². The number of nitro groups is 1. The van der Waals surface area contributed by atoms with Crippen LogP contribution >= 0.6 is 0 Å². The molecule has 26 heavy (non-hydrogen) atoms. The van der Waals surface area contributed by atoms with Crippen LogP contribution in [0.2, 0.25) is 0 Å². The summed E-state index contributed by atoms with van der Waals surface area (Å²) < 4.78 is 11.4. The third-order valence-electron chi connectivity index (χ3n) is 3.86. The molecule has 1 heterocycles. The van der Waals surface area contributed by atoms with E-state index in [0.717, 1.165) is 28.6 Å². The van der Waals surface area contributed by atoms with Crippen LogP contribution in [0.3, 0.4) is 0 Å². The second-order valence-corrected chi connectivity index (χ2v) is 5.58. The zero-order valence-electron chi connectivity index (χ0n) is 14.5. The minimum absolute atomic E-state index is 0.0219. The number of fused-ring (bicyclic) bond motifs is 1. The molecule has 0 aliphatic rings. The topological polar surface area (TPSA) is 74.5 Å². The van der Waals surface area contributed by atoms with Crippen molar-refractivity contribution >= 4 is 22.7 Å². The molecule has 0 aliphatic carbocycles. The Balaban J connectivity index is 2.02. The molecule has 0 aliphatic heterocycles. The van der Waals surface area contributed by atoms with Gasteiger partial charge in [0.25, 0.3) is 5.69 Å². The maximum Gasteiger partial charge on any atom is 0.269 e. The molecule has 0 radical (unpaired) electrons. The van der Waals surface area contributed by atoms with Crippen molar-refractivity contribution in [3.63, 3.8) is 0 Å². The number of rotatable bonds is 6. The zero-order valence-corrected chi connectivity index (χ0v) is 14.5. The van der Waals surface area contributed by atoms with E-state index in [0.29, 0.717) is 11.5 Å². The molecule has 6 heteroatoms. The second kappa shape index (κ2) is 7.65. The average molecular weight is 350 g/mol. The van der Waals surface area contributed by atoms with Crippen LogP contribution in [0.25, 0.3) is 17.0 Å². The SMILES string of the molecule is CC/C=C/c1cc2c(Oc3ccc([N+](=O)[O-])cc3)ccnc2cc1OC. The van der Waals surface area contributed by atoms with Gasteiger partial charge in [-0.1, -0.05) is 19.1 Å². The molecule has 3 aromatic rings. The fraction of sp³-hybridized carbons (Fsp3) is 0.150. The van der Waals surface area contributed by atoms with Crippen molar-refractivity contribution in [1.29, 1.82) is 0 Å². The lowest BCUT2D eigenvalue weighted by molar-refractivity contribution is -0.384. The zero-order chi connectivity index (χ0) is 18.5. The molecule has 0 bridgehead atoms. The standard InChI is InChI=1S/C20H18N2O4/c1-3-4-5-14-12-17-18(13-20(14)25-2)21-11-10-19(17)26-16-8-6-15(7-9-16)22(23)24/h4-13H,3H2,1-2H3/b5-4+. The van der Waals surface area contributed by atoms with E-state index in [1.165, 1.54) is 12.1 Å². The van der Waals surface area contributed by atoms with Crippen LogP contribution in [0.15, 0.2) is 54.7 Å². The van der Waals surface area contributed by atoms with Crippen molar-refractivity contribution in [1.82, 2.24) is 4.98 Å². The van der Waals surface area contributed by atoms with Crippen LogP contribution in [-0.2, 0) is 0 Å². The van der Waals surface area contributed by atoms with Gasteiger partial charge in [0, 0.05) is 35.3 Å². The van der Waals surface area contributed by atoms with Crippen LogP contribution in [0.4, 0.5) is 5.69 Å². The number of nitrogens with zero attached hydrogens (tertiary/aromatic N) is 2. The summed E-state index contributed by atoms with van der Waals surface area (Å²) in [4.78, 5) is 14.7. The van der Waals surface area contributed by atoms with Gasteiger partial charge in [-0.15, -0.1) is 0 Å². The van der Waals surface area contributed by atoms with Crippen molar-refractivity contribution in [2.45, 2.75) is 13.3 Å². The van der Waals surface area contributed by atoms with Gasteiger partial charge in [0.2, 0.25) is 0 Å². The maximum atomic E-state index is 10.8. The predicted molar refractivity (Wildman–Crippen MR) is 101 cm³/mol. The number of benzene rings is 2. The first-order valence-corrected chi connectivity index (χ1v) is 8.18. The van der Waals surface area contributed by atoms with Gasteiger partial charge in [0.1, 0.15) is 17.2 Å². The number of aromatic nitrogens is 1. The first kappa shape index (κ1) is 17.4. The van der Waals surface area contributed by atoms with E-state index in [1.54, 1.807) is 31.5 Å². The number of pyridine rings is 1. The maximum absolute atomic E-state index is 10.8. The lowest BCUT2D eigenvalue weighted by Gasteiger charge is -2.11. The number of non-ortho nitro benzene ring substituents is 1. The fourth-order valence-corrected chi connectivity index (χ4v) is 2.57. The Hall–Kier alpha value is -3.41. The van der Waals surface area contributed by atoms with Crippen LogP contribution in [-0.4, -0.2) is 17.0 Å². The van der Waals surface area contributed by atoms with Gasteiger partial charge in [-0.2, -0.15) is 0 Å². The van der Waals surface area contributed by atoms with E-state index in [9.17, 15) is 10.1 Å². The van der Waals surface area contributed by atoms with E-state index in [-0.39, 0.29) is 5.69 Å². The van der Waals surface area contributed by atoms with Crippen molar-refractivity contribution in [2.75, 3.05) is 7.11 Å². The summed E-state index contributed by atoms with van der Waals surface area (Å²) in [6, 6.07) is 11.6. The molecule has 0 spiro atoms. The number of ether oxygens (including phenoxy) is 2. The predicted octanol–water partition coefficient (Wildman–Crippen LogP) is 5.37. The minimum Gasteiger partial charge on any atom is -0.496 e. The van der Waals surface area contributed by atoms with Gasteiger partial charge in [-0.3, -0.25) is 15.1 Å². The van der Waals surface area contributed by atoms with Crippen LogP contribution in [0.1, 0.15) is 18.9 Å². The quantitative estimate of drug-likeness (QED) is 0.441. The number of hydrogen-bond donors (Lipinski definition) is 0. The number of hydrogen-bond acceptors (Lipinski definition) is 5. The van der Waals surface area contributed by atoms with Crippen molar-refractivity contribution < 1.29 is 14.4 Å². The summed E-state index contributed by atoms with van der Waals surface area (Å²) in [7, 11) is 1.63. The average Bonchev–Trinajstić information content (AvgIpc) is 2.66. The molecule has 2 aromatic carbocycles. The lowest BCUT2D eigenvalue weighted by Crippen LogP contribution is -1.92. The van der Waals surface area contributed by atoms with Crippen molar-refractivity contribution in [3.8, 4) is 17.2 Å². The molecule has 0 saturated heterocycles. The first-order valence-electron chi connectivity index (χ1n) is 8.18. The highest BCUT2D eigenvalue weighted by Crippen LogP contribution is 2.34. The molecular weight excluding hydrogens is 332 g/mol. The highest BCUT2D eigenvalue weighted by molar-refractivity contribution is 5.89. The van der Waals surface area contributed by atoms with Gasteiger partial charge in [0.05, 0.1) is 17.5 Å². The van der Waals surface area contributed by atoms with Crippen molar-refractivity contribution in [3.05, 3.63) is 70.4 Å². The molecule has 0 saturated carbocycles. The summed E-state index contributed by atoms with van der Waals surface area (Å²) in [5.41, 5.74) is 1.70. The third-order valence-corrected chi connectivity index (χ3v) is 3.86. The Kier molecular flexibility index (Phi) is 5.12. The van der Waals surface area contributed by atoms with Crippen LogP contribution in [0.5, 0.6) is 17.2 Å². The molecule has 0 fully saturated rings. The van der Waals surface area contributed by atoms with E-state index in [2.05, 4.69) is 18.0 Å². The Morgan fingerprint density at radius 2 is 1.92 bits per heavy atom. The summed E-state index contributed by atoms with van der Waals surface area (Å²) in [5.74, 6) is 1.88. The summed E-state index contributed by atoms with van der Waals surface area (Å²) in [6.07, 6.45) is 6.63. The molecular formula is C20H18N2O4. The van der Waals surface area contributed by atoms with Crippen molar-refractivity contribution in [2.24, 2.45) is 0 Å². The Morgan fingerprint density at radius 3 is 2.58 bits per heavy atom. The largest absolute Gasteiger partial charge is 0.496 e. The monoisotopic (exact) mass is 350 g/mol. The highest BCUT2D eigenvalue weighted by atomic mass is 16.6. The Labute approximate surface area is 150 Å². The number of allylic oxidation sites excluding steroid dienone is 1. The second-order valence-electron chi connectivity index (χ2n) is 5.58. The molecule has 0 N–H and O–H groups in total. The smallest absolute Gasteiger partial charge is 0.269 e. The van der Waals surface area contributed by atoms with Gasteiger partial charge in [-0.05, 0) is 30.7 Å². The summed E-state index contributed by atoms with van der Waals surface area (Å²) in [6.45, 7) is 2.06. The molecule has 132 valence electrons. The van der Waals surface area contributed by atoms with Crippen LogP contribution < -0.4 is 9.47 Å². The van der Waals surface area contributed by atoms with E-state index < -0.39 is 4.92 Å². The Bertz CT molecular complexity index is 965. The fourth-order valence-electron chi connectivity index (χ4n) is 2.57. The number of nitro benzene ring substituents is 1. The highest BCUT2D eigenvalue weighted by Gasteiger charge is 2.10. The van der Waals surface area contributed by atoms with Gasteiger partial charge >= 0.3 is 0 Å². The lowest BCUT2D eigenvalue weighted by atomic mass is 10.1. The third kappa shape index (κ3) is 3.64. The molecule has 0 unspecified atom stereocenters. The van der Waals surface area contributed by atoms with Gasteiger partial charge < -0.3 is 9.47 Å². The first-order chi connectivity index (χ1) is 12.6. The molecule has 1 aromatic heterocycles. The molecule has 0 amide bonds. The molecule has 6 nitrogen and oxygen atoms in total. The van der Waals surface area contributed by atoms with Gasteiger partial charge in [0.15, 0.2) is 0 Å². The number of methoxy groups -OCH3 is 1. The normalized spacial score (nSPS) is 11.0. The molecule has 3 rings (SSSR count). The van der Waals surface area contributed by atoms with E-state index >= 15 is 0 Å². The molecule has 0 atom stereocenters. The van der Waals surface area contributed by atoms with E-state index in [4.69, 9.17) is 9.47 Å².